The average molecular weight is 295 g/mol. The van der Waals surface area contributed by atoms with Gasteiger partial charge in [0.05, 0.1) is 5.54 Å². The van der Waals surface area contributed by atoms with Crippen LogP contribution in [0, 0.1) is 5.92 Å². The van der Waals surface area contributed by atoms with Gasteiger partial charge >= 0.3 is 0 Å². The average Bonchev–Trinajstić information content (AvgIpc) is 2.56. The molecular formula is C21H29N. The highest BCUT2D eigenvalue weighted by molar-refractivity contribution is 5.48. The van der Waals surface area contributed by atoms with Gasteiger partial charge in [-0.2, -0.15) is 0 Å². The van der Waals surface area contributed by atoms with E-state index in [0.717, 1.165) is 25.1 Å². The number of rotatable bonds is 6. The molecule has 1 heteroatoms. The summed E-state index contributed by atoms with van der Waals surface area (Å²) in [5.74, 6) is 0.708. The molecule has 0 amide bonds. The van der Waals surface area contributed by atoms with Gasteiger partial charge < -0.3 is 0 Å². The first-order valence-electron chi connectivity index (χ1n) is 8.38. The van der Waals surface area contributed by atoms with Crippen molar-refractivity contribution in [3.63, 3.8) is 0 Å². The van der Waals surface area contributed by atoms with E-state index in [0.29, 0.717) is 5.92 Å². The van der Waals surface area contributed by atoms with Crippen LogP contribution in [-0.2, 0) is 5.54 Å². The van der Waals surface area contributed by atoms with Crippen LogP contribution in [0.2, 0.25) is 0 Å². The minimum Gasteiger partial charge on any atom is -0.286 e. The number of nitrogens with zero attached hydrogens (tertiary/aromatic N) is 1. The maximum Gasteiger partial charge on any atom is 0.0923 e. The van der Waals surface area contributed by atoms with Crippen LogP contribution in [0.3, 0.4) is 0 Å². The molecule has 2 atom stereocenters. The molecule has 1 aromatic rings. The molecule has 0 N–H and O–H groups in total. The summed E-state index contributed by atoms with van der Waals surface area (Å²) in [4.78, 5) is 2.58. The lowest BCUT2D eigenvalue weighted by Gasteiger charge is -2.49. The summed E-state index contributed by atoms with van der Waals surface area (Å²) in [7, 11) is 0. The standard InChI is InChI=1S/C21H29N/c1-6-18(4)21(19(5)7-2,20-13-9-8-10-14-20)22-15-11-12-17(3)16-22/h6,8-10,13-14,17H,1,4-5,7,11-12,15-16H2,2-3H3. The Balaban J connectivity index is 2.62. The van der Waals surface area contributed by atoms with Crippen molar-refractivity contribution >= 4 is 0 Å². The van der Waals surface area contributed by atoms with E-state index in [1.54, 1.807) is 0 Å². The fourth-order valence-electron chi connectivity index (χ4n) is 3.80. The highest BCUT2D eigenvalue weighted by Gasteiger charge is 2.43. The Hall–Kier alpha value is -1.60. The van der Waals surface area contributed by atoms with Crippen LogP contribution >= 0.6 is 0 Å². The van der Waals surface area contributed by atoms with Gasteiger partial charge in [-0.25, -0.2) is 0 Å². The fourth-order valence-corrected chi connectivity index (χ4v) is 3.80. The Morgan fingerprint density at radius 2 is 2.00 bits per heavy atom. The van der Waals surface area contributed by atoms with E-state index in [-0.39, 0.29) is 5.54 Å². The number of likely N-dealkylation sites (tertiary alicyclic amines) is 1. The van der Waals surface area contributed by atoms with Crippen LogP contribution in [0.15, 0.2) is 67.3 Å². The third-order valence-corrected chi connectivity index (χ3v) is 4.97. The Morgan fingerprint density at radius 1 is 1.32 bits per heavy atom. The van der Waals surface area contributed by atoms with Crippen molar-refractivity contribution in [1.29, 1.82) is 0 Å². The summed E-state index contributed by atoms with van der Waals surface area (Å²) in [5, 5.41) is 0. The molecule has 1 aliphatic heterocycles. The van der Waals surface area contributed by atoms with Gasteiger partial charge in [0.25, 0.3) is 0 Å². The van der Waals surface area contributed by atoms with Gasteiger partial charge in [0, 0.05) is 6.54 Å². The Morgan fingerprint density at radius 3 is 2.55 bits per heavy atom. The fraction of sp³-hybridized carbons (Fsp3) is 0.429. The van der Waals surface area contributed by atoms with Gasteiger partial charge in [-0.3, -0.25) is 4.90 Å². The second-order valence-corrected chi connectivity index (χ2v) is 6.46. The molecule has 1 heterocycles. The zero-order valence-electron chi connectivity index (χ0n) is 14.1. The minimum atomic E-state index is -0.313. The van der Waals surface area contributed by atoms with Crippen LogP contribution < -0.4 is 0 Å². The van der Waals surface area contributed by atoms with Crippen LogP contribution in [0.1, 0.15) is 38.7 Å². The molecule has 22 heavy (non-hydrogen) atoms. The predicted octanol–water partition coefficient (Wildman–Crippen LogP) is 5.32. The minimum absolute atomic E-state index is 0.313. The first-order valence-corrected chi connectivity index (χ1v) is 8.38. The SMILES string of the molecule is C=CC(=C)C(C(=C)CC)(c1ccccc1)N1CCCC(C)C1. The first-order chi connectivity index (χ1) is 10.6. The number of hydrogen-bond acceptors (Lipinski definition) is 1. The lowest BCUT2D eigenvalue weighted by molar-refractivity contribution is 0.0942. The molecule has 1 saturated heterocycles. The van der Waals surface area contributed by atoms with Crippen molar-refractivity contribution in [2.75, 3.05) is 13.1 Å². The van der Waals surface area contributed by atoms with Crippen molar-refractivity contribution in [2.24, 2.45) is 5.92 Å². The Kier molecular flexibility index (Phi) is 5.42. The second-order valence-electron chi connectivity index (χ2n) is 6.46. The van der Waals surface area contributed by atoms with E-state index < -0.39 is 0 Å². The van der Waals surface area contributed by atoms with Crippen molar-refractivity contribution in [3.8, 4) is 0 Å². The van der Waals surface area contributed by atoms with Gasteiger partial charge in [0.1, 0.15) is 0 Å². The molecule has 1 aliphatic rings. The van der Waals surface area contributed by atoms with Crippen LogP contribution in [-0.4, -0.2) is 18.0 Å². The van der Waals surface area contributed by atoms with Crippen LogP contribution in [0.25, 0.3) is 0 Å². The van der Waals surface area contributed by atoms with Gasteiger partial charge in [-0.05, 0) is 48.4 Å². The maximum absolute atomic E-state index is 4.44. The summed E-state index contributed by atoms with van der Waals surface area (Å²) in [6.45, 7) is 19.5. The lowest BCUT2D eigenvalue weighted by Crippen LogP contribution is -2.52. The molecule has 0 aromatic heterocycles. The maximum atomic E-state index is 4.44. The first kappa shape index (κ1) is 16.8. The summed E-state index contributed by atoms with van der Waals surface area (Å²) in [6.07, 6.45) is 5.39. The largest absolute Gasteiger partial charge is 0.286 e. The van der Waals surface area contributed by atoms with Gasteiger partial charge in [-0.15, -0.1) is 0 Å². The van der Waals surface area contributed by atoms with E-state index >= 15 is 0 Å². The smallest absolute Gasteiger partial charge is 0.0923 e. The van der Waals surface area contributed by atoms with E-state index in [1.807, 2.05) is 6.08 Å². The van der Waals surface area contributed by atoms with E-state index in [4.69, 9.17) is 0 Å². The third kappa shape index (κ3) is 2.83. The van der Waals surface area contributed by atoms with Gasteiger partial charge in [0.2, 0.25) is 0 Å². The topological polar surface area (TPSA) is 3.24 Å². The molecule has 0 bridgehead atoms. The normalized spacial score (nSPS) is 21.8. The Labute approximate surface area is 136 Å². The summed E-state index contributed by atoms with van der Waals surface area (Å²) in [5.41, 5.74) is 3.20. The molecule has 118 valence electrons. The highest BCUT2D eigenvalue weighted by Crippen LogP contribution is 2.44. The lowest BCUT2D eigenvalue weighted by atomic mass is 9.73. The van der Waals surface area contributed by atoms with Crippen LogP contribution in [0.4, 0.5) is 0 Å². The highest BCUT2D eigenvalue weighted by atomic mass is 15.2. The van der Waals surface area contributed by atoms with Crippen molar-refractivity contribution < 1.29 is 0 Å². The number of benzene rings is 1. The molecule has 0 radical (unpaired) electrons. The predicted molar refractivity (Wildman–Crippen MR) is 96.9 cm³/mol. The van der Waals surface area contributed by atoms with Crippen molar-refractivity contribution in [1.82, 2.24) is 4.90 Å². The molecule has 0 saturated carbocycles. The molecule has 1 fully saturated rings. The molecular weight excluding hydrogens is 266 g/mol. The molecule has 2 rings (SSSR count). The van der Waals surface area contributed by atoms with Crippen molar-refractivity contribution in [3.05, 3.63) is 72.9 Å². The summed E-state index contributed by atoms with van der Waals surface area (Å²) < 4.78 is 0. The number of hydrogen-bond donors (Lipinski definition) is 0. The molecule has 1 aromatic carbocycles. The van der Waals surface area contributed by atoms with Gasteiger partial charge in [-0.1, -0.05) is 70.0 Å². The third-order valence-electron chi connectivity index (χ3n) is 4.97. The Bertz CT molecular complexity index is 542. The zero-order chi connectivity index (χ0) is 16.2. The molecule has 0 spiro atoms. The van der Waals surface area contributed by atoms with E-state index in [2.05, 4.69) is 68.8 Å². The van der Waals surface area contributed by atoms with Crippen LogP contribution in [0.5, 0.6) is 0 Å². The molecule has 1 nitrogen and oxygen atoms in total. The van der Waals surface area contributed by atoms with Gasteiger partial charge in [0.15, 0.2) is 0 Å². The molecule has 2 unspecified atom stereocenters. The second kappa shape index (κ2) is 7.11. The van der Waals surface area contributed by atoms with E-state index in [1.165, 1.54) is 24.0 Å². The van der Waals surface area contributed by atoms with Crippen molar-refractivity contribution in [2.45, 2.75) is 38.6 Å². The number of piperidine rings is 1. The molecule has 0 aliphatic carbocycles. The quantitative estimate of drug-likeness (QED) is 0.507. The summed E-state index contributed by atoms with van der Waals surface area (Å²) >= 11 is 0. The van der Waals surface area contributed by atoms with E-state index in [9.17, 15) is 0 Å². The summed E-state index contributed by atoms with van der Waals surface area (Å²) in [6, 6.07) is 10.7. The zero-order valence-corrected chi connectivity index (χ0v) is 14.1. The monoisotopic (exact) mass is 295 g/mol.